The van der Waals surface area contributed by atoms with Crippen LogP contribution in [0.25, 0.3) is 0 Å². The average molecular weight is 272 g/mol. The fourth-order valence-corrected chi connectivity index (χ4v) is 2.90. The Morgan fingerprint density at radius 2 is 1.19 bits per heavy atom. The van der Waals surface area contributed by atoms with Crippen LogP contribution in [0.5, 0.6) is 0 Å². The highest BCUT2D eigenvalue weighted by Gasteiger charge is 2.60. The molecule has 0 radical (unpaired) electrons. The molecule has 2 N–H and O–H groups in total. The van der Waals surface area contributed by atoms with Crippen molar-refractivity contribution in [3.63, 3.8) is 0 Å². The summed E-state index contributed by atoms with van der Waals surface area (Å²) in [5.74, 6) is -2.45. The van der Waals surface area contributed by atoms with Gasteiger partial charge in [-0.2, -0.15) is 9.79 Å². The molecule has 0 aromatic heterocycles. The molecule has 0 spiro atoms. The van der Waals surface area contributed by atoms with E-state index in [4.69, 9.17) is 9.79 Å². The molecular formula is C6H10O8P2+2. The zero-order valence-electron chi connectivity index (χ0n) is 8.39. The Morgan fingerprint density at radius 1 is 0.938 bits per heavy atom. The molecule has 0 aromatic rings. The lowest BCUT2D eigenvalue weighted by atomic mass is 10.3. The van der Waals surface area contributed by atoms with Crippen LogP contribution in [-0.4, -0.2) is 47.3 Å². The van der Waals surface area contributed by atoms with Gasteiger partial charge in [0.1, 0.15) is 0 Å². The van der Waals surface area contributed by atoms with Crippen molar-refractivity contribution >= 4 is 28.0 Å². The Kier molecular flexibility index (Phi) is 6.21. The SMILES string of the molecule is COC(=O)C(C(C(=O)OC)[P+](=O)O)[P+](=O)O. The smallest absolute Gasteiger partial charge is 0.465 e. The molecule has 0 aliphatic heterocycles. The van der Waals surface area contributed by atoms with Crippen LogP contribution in [0.2, 0.25) is 0 Å². The summed E-state index contributed by atoms with van der Waals surface area (Å²) < 4.78 is 30.1. The summed E-state index contributed by atoms with van der Waals surface area (Å²) >= 11 is 0. The van der Waals surface area contributed by atoms with E-state index in [1.54, 1.807) is 0 Å². The first kappa shape index (κ1) is 15.1. The van der Waals surface area contributed by atoms with Gasteiger partial charge in [-0.05, 0) is 9.13 Å². The third-order valence-electron chi connectivity index (χ3n) is 1.66. The molecule has 0 saturated carbocycles. The van der Waals surface area contributed by atoms with Crippen LogP contribution in [0.1, 0.15) is 0 Å². The molecule has 0 heterocycles. The third kappa shape index (κ3) is 3.57. The molecule has 0 aliphatic rings. The second-order valence-electron chi connectivity index (χ2n) is 2.54. The second-order valence-corrected chi connectivity index (χ2v) is 4.86. The van der Waals surface area contributed by atoms with Gasteiger partial charge in [-0.1, -0.05) is 0 Å². The van der Waals surface area contributed by atoms with Crippen LogP contribution < -0.4 is 0 Å². The van der Waals surface area contributed by atoms with Gasteiger partial charge in [0.15, 0.2) is 0 Å². The number of rotatable bonds is 5. The van der Waals surface area contributed by atoms with E-state index >= 15 is 0 Å². The number of carbonyl (C=O) groups excluding carboxylic acids is 2. The predicted molar refractivity (Wildman–Crippen MR) is 51.3 cm³/mol. The third-order valence-corrected chi connectivity index (χ3v) is 3.87. The molecule has 0 bridgehead atoms. The van der Waals surface area contributed by atoms with Crippen LogP contribution in [0.15, 0.2) is 0 Å². The molecule has 0 aromatic carbocycles. The highest BCUT2D eigenvalue weighted by molar-refractivity contribution is 7.45. The van der Waals surface area contributed by atoms with Crippen molar-refractivity contribution in [1.82, 2.24) is 0 Å². The molecule has 10 heteroatoms. The van der Waals surface area contributed by atoms with E-state index in [1.165, 1.54) is 0 Å². The van der Waals surface area contributed by atoms with Gasteiger partial charge in [-0.25, -0.2) is 9.59 Å². The lowest BCUT2D eigenvalue weighted by molar-refractivity contribution is -0.146. The Morgan fingerprint density at radius 3 is 1.31 bits per heavy atom. The first-order valence-corrected chi connectivity index (χ1v) is 6.39. The molecule has 0 fully saturated rings. The summed E-state index contributed by atoms with van der Waals surface area (Å²) in [5.41, 5.74) is -3.83. The minimum atomic E-state index is -3.19. The van der Waals surface area contributed by atoms with Gasteiger partial charge >= 0.3 is 39.3 Å². The van der Waals surface area contributed by atoms with Crippen LogP contribution >= 0.6 is 16.1 Å². The summed E-state index contributed by atoms with van der Waals surface area (Å²) in [6, 6.07) is 0. The van der Waals surface area contributed by atoms with E-state index in [1.807, 2.05) is 0 Å². The van der Waals surface area contributed by atoms with Crippen molar-refractivity contribution in [2.24, 2.45) is 0 Å². The molecule has 0 saturated heterocycles. The van der Waals surface area contributed by atoms with Crippen molar-refractivity contribution < 1.29 is 38.0 Å². The maximum absolute atomic E-state index is 11.1. The first-order valence-electron chi connectivity index (χ1n) is 3.83. The summed E-state index contributed by atoms with van der Waals surface area (Å²) in [7, 11) is -4.53. The number of hydrogen-bond acceptors (Lipinski definition) is 6. The Balaban J connectivity index is 5.27. The maximum Gasteiger partial charge on any atom is 0.526 e. The van der Waals surface area contributed by atoms with Crippen molar-refractivity contribution in [2.45, 2.75) is 11.3 Å². The minimum Gasteiger partial charge on any atom is -0.465 e. The maximum atomic E-state index is 11.1. The van der Waals surface area contributed by atoms with Crippen molar-refractivity contribution in [2.75, 3.05) is 14.2 Å². The van der Waals surface area contributed by atoms with Crippen LogP contribution in [0, 0.1) is 0 Å². The molecule has 0 rings (SSSR count). The predicted octanol–water partition coefficient (Wildman–Crippen LogP) is -0.461. The molecule has 4 atom stereocenters. The van der Waals surface area contributed by atoms with Crippen LogP contribution in [0.4, 0.5) is 0 Å². The standard InChI is InChI=1S/C6H8O8P2/c1-13-5(7)3(15(9)10)4(16(11)12)6(8)14-2/h3-4H,1-2H3/p+2. The number of esters is 2. The monoisotopic (exact) mass is 272 g/mol. The number of ether oxygens (including phenoxy) is 2. The second kappa shape index (κ2) is 6.60. The summed E-state index contributed by atoms with van der Waals surface area (Å²) in [5, 5.41) is 0. The summed E-state index contributed by atoms with van der Waals surface area (Å²) in [4.78, 5) is 39.9. The fraction of sp³-hybridized carbons (Fsp3) is 0.667. The van der Waals surface area contributed by atoms with Crippen molar-refractivity contribution in [3.05, 3.63) is 0 Å². The summed E-state index contributed by atoms with van der Waals surface area (Å²) in [6.07, 6.45) is 0. The molecule has 0 aliphatic carbocycles. The minimum absolute atomic E-state index is 0.924. The van der Waals surface area contributed by atoms with Crippen LogP contribution in [0.3, 0.4) is 0 Å². The highest BCUT2D eigenvalue weighted by Crippen LogP contribution is 2.38. The van der Waals surface area contributed by atoms with E-state index in [0.29, 0.717) is 0 Å². The average Bonchev–Trinajstić information content (AvgIpc) is 2.22. The normalized spacial score (nSPS) is 15.8. The van der Waals surface area contributed by atoms with E-state index in [-0.39, 0.29) is 0 Å². The van der Waals surface area contributed by atoms with E-state index in [2.05, 4.69) is 9.47 Å². The Bertz CT molecular complexity index is 294. The lowest BCUT2D eigenvalue weighted by Gasteiger charge is -2.04. The van der Waals surface area contributed by atoms with E-state index in [9.17, 15) is 18.7 Å². The lowest BCUT2D eigenvalue weighted by Crippen LogP contribution is -2.36. The number of methoxy groups -OCH3 is 2. The molecule has 8 nitrogen and oxygen atoms in total. The molecule has 90 valence electrons. The molecule has 0 amide bonds. The van der Waals surface area contributed by atoms with E-state index in [0.717, 1.165) is 14.2 Å². The molecule has 4 unspecified atom stereocenters. The first-order chi connectivity index (χ1) is 7.36. The van der Waals surface area contributed by atoms with Crippen molar-refractivity contribution in [1.29, 1.82) is 0 Å². The van der Waals surface area contributed by atoms with Gasteiger partial charge in [0.2, 0.25) is 0 Å². The van der Waals surface area contributed by atoms with Gasteiger partial charge in [-0.3, -0.25) is 0 Å². The van der Waals surface area contributed by atoms with Gasteiger partial charge in [0.25, 0.3) is 0 Å². The van der Waals surface area contributed by atoms with Gasteiger partial charge in [-0.15, -0.1) is 0 Å². The van der Waals surface area contributed by atoms with Gasteiger partial charge in [0, 0.05) is 0 Å². The van der Waals surface area contributed by atoms with E-state index < -0.39 is 39.3 Å². The number of hydrogen-bond donors (Lipinski definition) is 2. The number of carbonyl (C=O) groups is 2. The fourth-order valence-electron chi connectivity index (χ4n) is 0.921. The van der Waals surface area contributed by atoms with Gasteiger partial charge < -0.3 is 9.47 Å². The van der Waals surface area contributed by atoms with Gasteiger partial charge in [0.05, 0.1) is 14.2 Å². The Hall–Kier alpha value is -0.940. The van der Waals surface area contributed by atoms with Crippen LogP contribution in [-0.2, 0) is 28.2 Å². The topological polar surface area (TPSA) is 127 Å². The van der Waals surface area contributed by atoms with Crippen molar-refractivity contribution in [3.8, 4) is 0 Å². The summed E-state index contributed by atoms with van der Waals surface area (Å²) in [6.45, 7) is 0. The quantitative estimate of drug-likeness (QED) is 0.508. The largest absolute Gasteiger partial charge is 0.526 e. The highest BCUT2D eigenvalue weighted by atomic mass is 31.1. The molecule has 16 heavy (non-hydrogen) atoms. The zero-order valence-corrected chi connectivity index (χ0v) is 10.2. The Labute approximate surface area is 92.3 Å². The zero-order chi connectivity index (χ0) is 12.9. The molecular weight excluding hydrogens is 262 g/mol.